The number of benzene rings is 1. The summed E-state index contributed by atoms with van der Waals surface area (Å²) in [6.45, 7) is 12.7. The van der Waals surface area contributed by atoms with Crippen LogP contribution in [0.15, 0.2) is 12.1 Å². The second-order valence-electron chi connectivity index (χ2n) is 8.28. The van der Waals surface area contributed by atoms with E-state index in [2.05, 4.69) is 4.74 Å². The van der Waals surface area contributed by atoms with E-state index in [0.29, 0.717) is 5.56 Å². The van der Waals surface area contributed by atoms with E-state index in [1.165, 1.54) is 13.0 Å². The lowest BCUT2D eigenvalue weighted by Crippen LogP contribution is -2.42. The molecule has 150 valence electrons. The first-order chi connectivity index (χ1) is 11.1. The van der Waals surface area contributed by atoms with Crippen LogP contribution in [-0.4, -0.2) is 23.6 Å². The van der Waals surface area contributed by atoms with Crippen molar-refractivity contribution >= 4 is 18.4 Å². The van der Waals surface area contributed by atoms with Gasteiger partial charge in [-0.2, -0.15) is 8.78 Å². The molecule has 0 saturated heterocycles. The molecule has 4 nitrogen and oxygen atoms in total. The SMILES string of the molecule is CCOC(=O)C(F)(F)[C@@H](N)c1cc(C(C)(C)C)cc(C(C)(C)C)c1O.Cl. The number of rotatable bonds is 4. The Kier molecular flexibility index (Phi) is 7.65. The number of alkyl halides is 2. The van der Waals surface area contributed by atoms with Crippen LogP contribution in [0.2, 0.25) is 0 Å². The van der Waals surface area contributed by atoms with E-state index in [0.717, 1.165) is 5.56 Å². The summed E-state index contributed by atoms with van der Waals surface area (Å²) in [5.41, 5.74) is 5.98. The smallest absolute Gasteiger partial charge is 0.379 e. The minimum atomic E-state index is -3.95. The number of ether oxygens (including phenoxy) is 1. The van der Waals surface area contributed by atoms with Crippen molar-refractivity contribution in [3.8, 4) is 5.75 Å². The summed E-state index contributed by atoms with van der Waals surface area (Å²) in [7, 11) is 0. The number of phenolic OH excluding ortho intramolecular Hbond substituents is 1. The fraction of sp³-hybridized carbons (Fsp3) is 0.632. The third kappa shape index (κ3) is 5.07. The van der Waals surface area contributed by atoms with E-state index in [4.69, 9.17) is 5.73 Å². The molecule has 3 N–H and O–H groups in total. The van der Waals surface area contributed by atoms with E-state index in [1.807, 2.05) is 41.5 Å². The summed E-state index contributed by atoms with van der Waals surface area (Å²) in [6.07, 6.45) is 0. The van der Waals surface area contributed by atoms with Gasteiger partial charge in [-0.15, -0.1) is 12.4 Å². The minimum Gasteiger partial charge on any atom is -0.507 e. The Morgan fingerprint density at radius 1 is 1.15 bits per heavy atom. The number of halogens is 3. The Bertz CT molecular complexity index is 649. The molecule has 0 fully saturated rings. The zero-order valence-electron chi connectivity index (χ0n) is 16.4. The molecule has 1 rings (SSSR count). The van der Waals surface area contributed by atoms with Crippen molar-refractivity contribution in [1.82, 2.24) is 0 Å². The average molecular weight is 394 g/mol. The number of esters is 1. The van der Waals surface area contributed by atoms with E-state index < -0.39 is 23.3 Å². The van der Waals surface area contributed by atoms with Gasteiger partial charge in [0, 0.05) is 5.56 Å². The van der Waals surface area contributed by atoms with E-state index in [1.54, 1.807) is 6.07 Å². The lowest BCUT2D eigenvalue weighted by atomic mass is 9.77. The number of hydrogen-bond donors (Lipinski definition) is 2. The molecular formula is C19H30ClF2NO3. The van der Waals surface area contributed by atoms with Crippen molar-refractivity contribution in [2.45, 2.75) is 71.3 Å². The molecular weight excluding hydrogens is 364 g/mol. The number of carbonyl (C=O) groups excluding carboxylic acids is 1. The number of aromatic hydroxyl groups is 1. The van der Waals surface area contributed by atoms with Gasteiger partial charge in [0.1, 0.15) is 11.8 Å². The molecule has 0 amide bonds. The Labute approximate surface area is 160 Å². The fourth-order valence-corrected chi connectivity index (χ4v) is 2.45. The molecule has 0 radical (unpaired) electrons. The zero-order valence-corrected chi connectivity index (χ0v) is 17.3. The predicted molar refractivity (Wildman–Crippen MR) is 101 cm³/mol. The van der Waals surface area contributed by atoms with Gasteiger partial charge in [0.05, 0.1) is 6.61 Å². The van der Waals surface area contributed by atoms with Gasteiger partial charge in [-0.25, -0.2) is 4.79 Å². The van der Waals surface area contributed by atoms with Gasteiger partial charge in [-0.1, -0.05) is 47.6 Å². The molecule has 1 atom stereocenters. The summed E-state index contributed by atoms with van der Waals surface area (Å²) in [6, 6.07) is 1.24. The number of carbonyl (C=O) groups is 1. The minimum absolute atomic E-state index is 0. The van der Waals surface area contributed by atoms with Crippen LogP contribution in [0.1, 0.15) is 71.2 Å². The van der Waals surface area contributed by atoms with Crippen molar-refractivity contribution in [3.63, 3.8) is 0 Å². The maximum Gasteiger partial charge on any atom is 0.379 e. The molecule has 7 heteroatoms. The molecule has 0 aliphatic rings. The summed E-state index contributed by atoms with van der Waals surface area (Å²) in [5, 5.41) is 10.6. The van der Waals surface area contributed by atoms with Crippen molar-refractivity contribution in [1.29, 1.82) is 0 Å². The van der Waals surface area contributed by atoms with E-state index in [-0.39, 0.29) is 35.7 Å². The van der Waals surface area contributed by atoms with Gasteiger partial charge in [-0.3, -0.25) is 0 Å². The lowest BCUT2D eigenvalue weighted by molar-refractivity contribution is -0.174. The van der Waals surface area contributed by atoms with Crippen LogP contribution in [0.3, 0.4) is 0 Å². The van der Waals surface area contributed by atoms with Crippen LogP contribution >= 0.6 is 12.4 Å². The zero-order chi connectivity index (χ0) is 19.8. The van der Waals surface area contributed by atoms with Crippen molar-refractivity contribution < 1.29 is 23.4 Å². The quantitative estimate of drug-likeness (QED) is 0.733. The summed E-state index contributed by atoms with van der Waals surface area (Å²) < 4.78 is 33.3. The van der Waals surface area contributed by atoms with Crippen molar-refractivity contribution in [2.75, 3.05) is 6.61 Å². The first-order valence-electron chi connectivity index (χ1n) is 8.32. The van der Waals surface area contributed by atoms with Crippen LogP contribution in [0, 0.1) is 0 Å². The molecule has 0 unspecified atom stereocenters. The maximum atomic E-state index is 14.4. The highest BCUT2D eigenvalue weighted by Crippen LogP contribution is 2.43. The Hall–Kier alpha value is -1.40. The third-order valence-electron chi connectivity index (χ3n) is 4.09. The Morgan fingerprint density at radius 2 is 1.65 bits per heavy atom. The van der Waals surface area contributed by atoms with E-state index in [9.17, 15) is 18.7 Å². The molecule has 0 aromatic heterocycles. The molecule has 1 aromatic carbocycles. The molecule has 0 heterocycles. The first-order valence-corrected chi connectivity index (χ1v) is 8.32. The lowest BCUT2D eigenvalue weighted by Gasteiger charge is -2.30. The normalized spacial score (nSPS) is 13.8. The van der Waals surface area contributed by atoms with Gasteiger partial charge in [0.15, 0.2) is 0 Å². The predicted octanol–water partition coefficient (Wildman–Crippen LogP) is 4.61. The van der Waals surface area contributed by atoms with Crippen molar-refractivity contribution in [3.05, 3.63) is 28.8 Å². The molecule has 26 heavy (non-hydrogen) atoms. The third-order valence-corrected chi connectivity index (χ3v) is 4.09. The van der Waals surface area contributed by atoms with Gasteiger partial charge in [0.25, 0.3) is 0 Å². The Balaban J connectivity index is 0.00000625. The Morgan fingerprint density at radius 3 is 2.04 bits per heavy atom. The summed E-state index contributed by atoms with van der Waals surface area (Å²) in [4.78, 5) is 11.6. The van der Waals surface area contributed by atoms with Gasteiger partial charge >= 0.3 is 11.9 Å². The molecule has 1 aromatic rings. The number of hydrogen-bond acceptors (Lipinski definition) is 4. The fourth-order valence-electron chi connectivity index (χ4n) is 2.45. The standard InChI is InChI=1S/C19H29F2NO3.ClH/c1-8-25-16(24)19(20,21)15(22)12-9-11(17(2,3)4)10-13(14(12)23)18(5,6)7;/h9-10,15,23H,8,22H2,1-7H3;1H/t15-;/m0./s1. The number of nitrogens with two attached hydrogens (primary N) is 1. The molecule has 0 aliphatic carbocycles. The van der Waals surface area contributed by atoms with Gasteiger partial charge in [0.2, 0.25) is 0 Å². The first kappa shape index (κ1) is 24.6. The van der Waals surface area contributed by atoms with Crippen LogP contribution in [0.5, 0.6) is 5.75 Å². The molecule has 0 aliphatic heterocycles. The van der Waals surface area contributed by atoms with Crippen LogP contribution in [-0.2, 0) is 20.4 Å². The van der Waals surface area contributed by atoms with Crippen molar-refractivity contribution in [2.24, 2.45) is 5.73 Å². The van der Waals surface area contributed by atoms with Gasteiger partial charge in [-0.05, 0) is 34.9 Å². The largest absolute Gasteiger partial charge is 0.507 e. The van der Waals surface area contributed by atoms with Crippen LogP contribution in [0.25, 0.3) is 0 Å². The number of phenols is 1. The van der Waals surface area contributed by atoms with Crippen LogP contribution in [0.4, 0.5) is 8.78 Å². The van der Waals surface area contributed by atoms with Gasteiger partial charge < -0.3 is 15.6 Å². The topological polar surface area (TPSA) is 72.5 Å². The molecule has 0 bridgehead atoms. The summed E-state index contributed by atoms with van der Waals surface area (Å²) in [5.74, 6) is -5.95. The summed E-state index contributed by atoms with van der Waals surface area (Å²) >= 11 is 0. The average Bonchev–Trinajstić information content (AvgIpc) is 2.44. The molecule has 0 saturated carbocycles. The second-order valence-corrected chi connectivity index (χ2v) is 8.28. The highest BCUT2D eigenvalue weighted by atomic mass is 35.5. The van der Waals surface area contributed by atoms with E-state index >= 15 is 0 Å². The highest BCUT2D eigenvalue weighted by Gasteiger charge is 2.49. The molecule has 0 spiro atoms. The van der Waals surface area contributed by atoms with Crippen LogP contribution < -0.4 is 5.73 Å². The second kappa shape index (κ2) is 8.09. The highest BCUT2D eigenvalue weighted by molar-refractivity contribution is 5.85. The monoisotopic (exact) mass is 393 g/mol. The maximum absolute atomic E-state index is 14.4.